The average molecular weight is 426 g/mol. The monoisotopic (exact) mass is 425 g/mol. The number of nitrogens with zero attached hydrogens (tertiary/aromatic N) is 2. The summed E-state index contributed by atoms with van der Waals surface area (Å²) in [7, 11) is 0.196. The van der Waals surface area contributed by atoms with Crippen LogP contribution in [0.25, 0.3) is 0 Å². The molecule has 3 heterocycles. The average Bonchev–Trinajstić information content (AvgIpc) is 3.06. The maximum atomic E-state index is 12.9. The molecule has 4 rings (SSSR count). The van der Waals surface area contributed by atoms with Crippen LogP contribution in [0, 0.1) is 0 Å². The molecule has 9 heteroatoms. The highest BCUT2D eigenvalue weighted by atomic mass is 32.2. The highest BCUT2D eigenvalue weighted by Crippen LogP contribution is 2.34. The number of benzene rings is 1. The van der Waals surface area contributed by atoms with Gasteiger partial charge in [0.15, 0.2) is 0 Å². The van der Waals surface area contributed by atoms with Gasteiger partial charge in [0.2, 0.25) is 10.0 Å². The van der Waals surface area contributed by atoms with Crippen molar-refractivity contribution in [2.45, 2.75) is 41.9 Å². The zero-order valence-electron chi connectivity index (χ0n) is 17.1. The van der Waals surface area contributed by atoms with E-state index >= 15 is 0 Å². The van der Waals surface area contributed by atoms with Gasteiger partial charge < -0.3 is 19.5 Å². The summed E-state index contributed by atoms with van der Waals surface area (Å²) in [5.74, 6) is 0.745. The minimum Gasteiger partial charge on any atom is -0.486 e. The number of rotatable bonds is 1. The lowest BCUT2D eigenvalue weighted by atomic mass is 9.92. The fourth-order valence-electron chi connectivity index (χ4n) is 4.58. The molecule has 1 aromatic rings. The van der Waals surface area contributed by atoms with Crippen molar-refractivity contribution in [1.29, 1.82) is 0 Å². The zero-order chi connectivity index (χ0) is 20.6. The zero-order valence-corrected chi connectivity index (χ0v) is 17.9. The molecule has 3 aliphatic heterocycles. The van der Waals surface area contributed by atoms with Crippen molar-refractivity contribution in [3.8, 4) is 5.75 Å². The second kappa shape index (κ2) is 8.49. The third kappa shape index (κ3) is 4.60. The van der Waals surface area contributed by atoms with Gasteiger partial charge in [-0.1, -0.05) is 6.07 Å². The van der Waals surface area contributed by atoms with Gasteiger partial charge in [0.1, 0.15) is 16.7 Å². The lowest BCUT2D eigenvalue weighted by Gasteiger charge is -2.30. The van der Waals surface area contributed by atoms with E-state index in [-0.39, 0.29) is 23.6 Å². The summed E-state index contributed by atoms with van der Waals surface area (Å²) < 4.78 is 40.3. The highest BCUT2D eigenvalue weighted by molar-refractivity contribution is 7.89. The maximum Gasteiger partial charge on any atom is 0.244 e. The first kappa shape index (κ1) is 21.0. The number of hydrogen-bond donors (Lipinski definition) is 2. The number of likely N-dealkylation sites (tertiary alicyclic amines) is 1. The van der Waals surface area contributed by atoms with Crippen LogP contribution < -0.4 is 9.46 Å². The Labute approximate surface area is 172 Å². The molecule has 29 heavy (non-hydrogen) atoms. The summed E-state index contributed by atoms with van der Waals surface area (Å²) in [5.41, 5.74) is 1.09. The van der Waals surface area contributed by atoms with Crippen molar-refractivity contribution < 1.29 is 23.0 Å². The van der Waals surface area contributed by atoms with E-state index in [1.165, 1.54) is 0 Å². The van der Waals surface area contributed by atoms with Crippen molar-refractivity contribution in [2.75, 3.05) is 53.5 Å². The van der Waals surface area contributed by atoms with Crippen LogP contribution in [0.5, 0.6) is 5.75 Å². The molecule has 0 aromatic heterocycles. The van der Waals surface area contributed by atoms with Gasteiger partial charge in [0, 0.05) is 39.4 Å². The molecule has 0 spiro atoms. The van der Waals surface area contributed by atoms with Gasteiger partial charge in [0.25, 0.3) is 0 Å². The van der Waals surface area contributed by atoms with E-state index in [9.17, 15) is 13.5 Å². The number of aliphatic hydroxyl groups is 1. The Hall–Kier alpha value is -1.23. The van der Waals surface area contributed by atoms with Gasteiger partial charge in [-0.05, 0) is 50.6 Å². The number of β-amino-alcohol motifs (C(OH)–C–C–N with tert-alkyl or cyclic N) is 1. The lowest BCUT2D eigenvalue weighted by molar-refractivity contribution is 0.0710. The topological polar surface area (TPSA) is 91.3 Å². The Morgan fingerprint density at radius 2 is 1.90 bits per heavy atom. The van der Waals surface area contributed by atoms with E-state index in [0.717, 1.165) is 38.2 Å². The molecule has 1 aromatic carbocycles. The number of hydrogen-bond acceptors (Lipinski definition) is 7. The third-order valence-electron chi connectivity index (χ3n) is 6.22. The third-order valence-corrected chi connectivity index (χ3v) is 7.68. The summed E-state index contributed by atoms with van der Waals surface area (Å²) in [6.07, 6.45) is 0.889. The molecule has 0 unspecified atom stereocenters. The Bertz CT molecular complexity index is 827. The Kier molecular flexibility index (Phi) is 6.15. The van der Waals surface area contributed by atoms with Gasteiger partial charge in [-0.15, -0.1) is 0 Å². The first-order valence-corrected chi connectivity index (χ1v) is 11.8. The van der Waals surface area contributed by atoms with Crippen LogP contribution in [-0.2, 0) is 14.8 Å². The largest absolute Gasteiger partial charge is 0.486 e. The molecule has 2 fully saturated rings. The Morgan fingerprint density at radius 1 is 1.14 bits per heavy atom. The minimum absolute atomic E-state index is 0.0267. The first-order chi connectivity index (χ1) is 13.8. The molecule has 0 saturated carbocycles. The normalized spacial score (nSPS) is 32.0. The second-order valence-corrected chi connectivity index (χ2v) is 10.2. The number of nitrogens with one attached hydrogen (secondary N) is 1. The van der Waals surface area contributed by atoms with Crippen molar-refractivity contribution in [2.24, 2.45) is 0 Å². The van der Waals surface area contributed by atoms with Crippen LogP contribution in [-0.4, -0.2) is 95.1 Å². The molecule has 2 saturated heterocycles. The summed E-state index contributed by atoms with van der Waals surface area (Å²) in [4.78, 5) is 4.39. The number of fused-ring (bicyclic) bond motifs is 2. The summed E-state index contributed by atoms with van der Waals surface area (Å²) >= 11 is 0. The standard InChI is InChI=1S/C20H31N3O5S/c1-22-12-17-19(13-22)28-18-9-15(14-5-7-27-8-6-14)3-4-20(18)29(25,26)21-10-16(24)11-23(17)2/h3-4,9,14,16-17,19,21,24H,5-8,10-13H2,1-2H3/t16-,17+,19-/m0/s1. The fraction of sp³-hybridized carbons (Fsp3) is 0.700. The molecule has 8 nitrogen and oxygen atoms in total. The van der Waals surface area contributed by atoms with Crippen molar-refractivity contribution >= 4 is 10.0 Å². The van der Waals surface area contributed by atoms with E-state index in [1.54, 1.807) is 6.07 Å². The van der Waals surface area contributed by atoms with Gasteiger partial charge >= 0.3 is 0 Å². The van der Waals surface area contributed by atoms with Crippen LogP contribution >= 0.6 is 0 Å². The fourth-order valence-corrected chi connectivity index (χ4v) is 5.77. The van der Waals surface area contributed by atoms with Crippen LogP contribution in [0.4, 0.5) is 0 Å². The smallest absolute Gasteiger partial charge is 0.244 e. The molecule has 2 N–H and O–H groups in total. The highest BCUT2D eigenvalue weighted by Gasteiger charge is 2.38. The molecule has 0 bridgehead atoms. The molecule has 0 amide bonds. The minimum atomic E-state index is -3.79. The Morgan fingerprint density at radius 3 is 2.66 bits per heavy atom. The van der Waals surface area contributed by atoms with Crippen LogP contribution in [0.3, 0.4) is 0 Å². The molecule has 3 atom stereocenters. The quantitative estimate of drug-likeness (QED) is 0.665. The van der Waals surface area contributed by atoms with Crippen molar-refractivity contribution in [3.05, 3.63) is 23.8 Å². The van der Waals surface area contributed by atoms with E-state index in [2.05, 4.69) is 14.5 Å². The molecule has 0 radical (unpaired) electrons. The molecule has 3 aliphatic rings. The predicted octanol–water partition coefficient (Wildman–Crippen LogP) is 0.227. The summed E-state index contributed by atoms with van der Waals surface area (Å²) in [6, 6.07) is 5.51. The maximum absolute atomic E-state index is 12.9. The van der Waals surface area contributed by atoms with Gasteiger partial charge in [-0.2, -0.15) is 0 Å². The van der Waals surface area contributed by atoms with Crippen LogP contribution in [0.15, 0.2) is 23.1 Å². The molecule has 162 valence electrons. The number of ether oxygens (including phenoxy) is 2. The summed E-state index contributed by atoms with van der Waals surface area (Å²) in [6.45, 7) is 3.31. The molecular formula is C20H31N3O5S. The summed E-state index contributed by atoms with van der Waals surface area (Å²) in [5, 5.41) is 10.3. The second-order valence-electron chi connectivity index (χ2n) is 8.48. The van der Waals surface area contributed by atoms with Gasteiger partial charge in [-0.3, -0.25) is 4.90 Å². The first-order valence-electron chi connectivity index (χ1n) is 10.3. The van der Waals surface area contributed by atoms with Gasteiger partial charge in [0.05, 0.1) is 12.1 Å². The van der Waals surface area contributed by atoms with Crippen LogP contribution in [0.1, 0.15) is 24.3 Å². The number of sulfonamides is 1. The molecular weight excluding hydrogens is 394 g/mol. The Balaban J connectivity index is 1.73. The van der Waals surface area contributed by atoms with E-state index in [4.69, 9.17) is 9.47 Å². The van der Waals surface area contributed by atoms with Gasteiger partial charge in [-0.25, -0.2) is 13.1 Å². The van der Waals surface area contributed by atoms with Crippen molar-refractivity contribution in [3.63, 3.8) is 0 Å². The number of likely N-dealkylation sites (N-methyl/N-ethyl adjacent to an activating group) is 2. The van der Waals surface area contributed by atoms with E-state index < -0.39 is 16.1 Å². The lowest BCUT2D eigenvalue weighted by Crippen LogP contribution is -2.47. The SMILES string of the molecule is CN1C[C@@H]2Oc3cc(C4CCOCC4)ccc3S(=O)(=O)NC[C@H](O)CN(C)[C@@H]2C1. The molecule has 0 aliphatic carbocycles. The van der Waals surface area contributed by atoms with E-state index in [1.807, 2.05) is 26.2 Å². The van der Waals surface area contributed by atoms with Crippen LogP contribution in [0.2, 0.25) is 0 Å². The van der Waals surface area contributed by atoms with Crippen molar-refractivity contribution in [1.82, 2.24) is 14.5 Å². The predicted molar refractivity (Wildman–Crippen MR) is 109 cm³/mol. The number of aliphatic hydroxyl groups excluding tert-OH is 1. The van der Waals surface area contributed by atoms with E-state index in [0.29, 0.717) is 24.8 Å².